The molecule has 1 heterocycles. The van der Waals surface area contributed by atoms with Gasteiger partial charge in [0.15, 0.2) is 11.7 Å². The standard InChI is InChI=1S/C25H20F3NO5/c1-14(2)23(24(30)31)33-18-5-3-4-17(12-18)32-19-10-11-20-21(13-19)34-29-22(20)15-6-8-16(9-7-15)25(26,27)28/h3-14,23H,1-2H3,(H,30,31). The van der Waals surface area contributed by atoms with Gasteiger partial charge in [0.25, 0.3) is 0 Å². The number of nitrogens with zero attached hydrogens (tertiary/aromatic N) is 1. The third-order valence-corrected chi connectivity index (χ3v) is 5.08. The number of fused-ring (bicyclic) bond motifs is 1. The van der Waals surface area contributed by atoms with Gasteiger partial charge in [-0.25, -0.2) is 4.79 Å². The fourth-order valence-corrected chi connectivity index (χ4v) is 3.37. The predicted molar refractivity (Wildman–Crippen MR) is 118 cm³/mol. The van der Waals surface area contributed by atoms with Crippen LogP contribution in [-0.2, 0) is 11.0 Å². The number of benzene rings is 3. The van der Waals surface area contributed by atoms with Gasteiger partial charge in [-0.1, -0.05) is 37.2 Å². The smallest absolute Gasteiger partial charge is 0.416 e. The van der Waals surface area contributed by atoms with Crippen LogP contribution in [0.5, 0.6) is 17.2 Å². The Morgan fingerprint density at radius 1 is 0.971 bits per heavy atom. The molecular weight excluding hydrogens is 451 g/mol. The highest BCUT2D eigenvalue weighted by Gasteiger charge is 2.30. The summed E-state index contributed by atoms with van der Waals surface area (Å²) in [6.45, 7) is 3.51. The highest BCUT2D eigenvalue weighted by Crippen LogP contribution is 2.35. The van der Waals surface area contributed by atoms with Gasteiger partial charge in [0, 0.05) is 29.0 Å². The zero-order valence-corrected chi connectivity index (χ0v) is 18.2. The number of carbonyl (C=O) groups is 1. The van der Waals surface area contributed by atoms with E-state index < -0.39 is 23.8 Å². The molecule has 0 bridgehead atoms. The number of alkyl halides is 3. The topological polar surface area (TPSA) is 81.8 Å². The maximum absolute atomic E-state index is 12.8. The molecule has 0 aliphatic rings. The molecule has 176 valence electrons. The monoisotopic (exact) mass is 471 g/mol. The largest absolute Gasteiger partial charge is 0.478 e. The molecule has 1 aromatic heterocycles. The van der Waals surface area contributed by atoms with Gasteiger partial charge in [0.05, 0.1) is 5.56 Å². The van der Waals surface area contributed by atoms with E-state index in [4.69, 9.17) is 14.0 Å². The number of halogens is 3. The molecule has 0 radical (unpaired) electrons. The van der Waals surface area contributed by atoms with Crippen LogP contribution in [0.25, 0.3) is 22.2 Å². The second-order valence-electron chi connectivity index (χ2n) is 7.96. The van der Waals surface area contributed by atoms with Crippen LogP contribution in [0.3, 0.4) is 0 Å². The van der Waals surface area contributed by atoms with Crippen molar-refractivity contribution >= 4 is 16.9 Å². The molecule has 0 saturated heterocycles. The van der Waals surface area contributed by atoms with E-state index in [-0.39, 0.29) is 5.92 Å². The molecule has 0 aliphatic heterocycles. The minimum atomic E-state index is -4.41. The van der Waals surface area contributed by atoms with Crippen LogP contribution in [0.15, 0.2) is 71.3 Å². The first-order valence-corrected chi connectivity index (χ1v) is 10.4. The van der Waals surface area contributed by atoms with Crippen molar-refractivity contribution in [1.29, 1.82) is 0 Å². The second-order valence-corrected chi connectivity index (χ2v) is 7.96. The van der Waals surface area contributed by atoms with Crippen molar-refractivity contribution in [1.82, 2.24) is 5.16 Å². The van der Waals surface area contributed by atoms with Gasteiger partial charge >= 0.3 is 12.1 Å². The van der Waals surface area contributed by atoms with Crippen molar-refractivity contribution in [2.75, 3.05) is 0 Å². The first-order valence-electron chi connectivity index (χ1n) is 10.4. The van der Waals surface area contributed by atoms with Gasteiger partial charge in [-0.2, -0.15) is 13.2 Å². The van der Waals surface area contributed by atoms with Crippen molar-refractivity contribution in [3.63, 3.8) is 0 Å². The highest BCUT2D eigenvalue weighted by molar-refractivity contribution is 5.92. The van der Waals surface area contributed by atoms with Crippen molar-refractivity contribution in [3.05, 3.63) is 72.3 Å². The summed E-state index contributed by atoms with van der Waals surface area (Å²) in [7, 11) is 0. The molecular formula is C25H20F3NO5. The van der Waals surface area contributed by atoms with Gasteiger partial charge in [0.2, 0.25) is 0 Å². The molecule has 0 fully saturated rings. The van der Waals surface area contributed by atoms with Gasteiger partial charge < -0.3 is 19.1 Å². The molecule has 0 aliphatic carbocycles. The van der Waals surface area contributed by atoms with Gasteiger partial charge in [-0.3, -0.25) is 0 Å². The van der Waals surface area contributed by atoms with Gasteiger partial charge in [-0.05, 0) is 36.4 Å². The van der Waals surface area contributed by atoms with Crippen molar-refractivity contribution < 1.29 is 37.1 Å². The van der Waals surface area contributed by atoms with E-state index in [0.29, 0.717) is 39.5 Å². The zero-order valence-electron chi connectivity index (χ0n) is 18.2. The molecule has 9 heteroatoms. The molecule has 34 heavy (non-hydrogen) atoms. The average Bonchev–Trinajstić information content (AvgIpc) is 3.20. The highest BCUT2D eigenvalue weighted by atomic mass is 19.4. The Kier molecular flexibility index (Phi) is 6.19. The quantitative estimate of drug-likeness (QED) is 0.319. The maximum atomic E-state index is 12.8. The molecule has 1 unspecified atom stereocenters. The second kappa shape index (κ2) is 9.09. The molecule has 4 aromatic rings. The van der Waals surface area contributed by atoms with Gasteiger partial charge in [-0.15, -0.1) is 0 Å². The number of hydrogen-bond acceptors (Lipinski definition) is 5. The first-order chi connectivity index (χ1) is 16.1. The van der Waals surface area contributed by atoms with E-state index >= 15 is 0 Å². The van der Waals surface area contributed by atoms with E-state index in [2.05, 4.69) is 5.16 Å². The maximum Gasteiger partial charge on any atom is 0.416 e. The van der Waals surface area contributed by atoms with Crippen LogP contribution in [-0.4, -0.2) is 22.3 Å². The van der Waals surface area contributed by atoms with Gasteiger partial charge in [0.1, 0.15) is 22.9 Å². The Labute approximate surface area is 192 Å². The van der Waals surface area contributed by atoms with Crippen molar-refractivity contribution in [3.8, 4) is 28.5 Å². The Morgan fingerprint density at radius 3 is 2.29 bits per heavy atom. The summed E-state index contributed by atoms with van der Waals surface area (Å²) < 4.78 is 55.3. The SMILES string of the molecule is CC(C)C(Oc1cccc(Oc2ccc3c(-c4ccc(C(F)(F)F)cc4)noc3c2)c1)C(=O)O. The summed E-state index contributed by atoms with van der Waals surface area (Å²) >= 11 is 0. The summed E-state index contributed by atoms with van der Waals surface area (Å²) in [6, 6.07) is 16.3. The van der Waals surface area contributed by atoms with Crippen LogP contribution in [0.1, 0.15) is 19.4 Å². The number of hydrogen-bond donors (Lipinski definition) is 1. The van der Waals surface area contributed by atoms with Crippen LogP contribution < -0.4 is 9.47 Å². The van der Waals surface area contributed by atoms with Crippen LogP contribution in [0, 0.1) is 5.92 Å². The minimum Gasteiger partial charge on any atom is -0.478 e. The lowest BCUT2D eigenvalue weighted by Gasteiger charge is -2.18. The zero-order chi connectivity index (χ0) is 24.5. The Hall–Kier alpha value is -4.01. The Bertz CT molecular complexity index is 1310. The third kappa shape index (κ3) is 4.98. The number of aliphatic carboxylic acids is 1. The summed E-state index contributed by atoms with van der Waals surface area (Å²) in [5, 5.41) is 13.9. The molecule has 0 spiro atoms. The van der Waals surface area contributed by atoms with E-state index in [0.717, 1.165) is 12.1 Å². The summed E-state index contributed by atoms with van der Waals surface area (Å²) in [5.74, 6) is -0.0784. The number of carboxylic acid groups (broad SMARTS) is 1. The number of ether oxygens (including phenoxy) is 2. The lowest BCUT2D eigenvalue weighted by Crippen LogP contribution is -2.32. The lowest BCUT2D eigenvalue weighted by molar-refractivity contribution is -0.147. The third-order valence-electron chi connectivity index (χ3n) is 5.08. The average molecular weight is 471 g/mol. The fourth-order valence-electron chi connectivity index (χ4n) is 3.37. The van der Waals surface area contributed by atoms with E-state index in [1.165, 1.54) is 12.1 Å². The first kappa shape index (κ1) is 23.2. The molecule has 6 nitrogen and oxygen atoms in total. The number of rotatable bonds is 7. The van der Waals surface area contributed by atoms with E-state index in [1.807, 2.05) is 0 Å². The Morgan fingerprint density at radius 2 is 1.65 bits per heavy atom. The summed E-state index contributed by atoms with van der Waals surface area (Å²) in [6.07, 6.45) is -5.41. The molecule has 4 rings (SSSR count). The van der Waals surface area contributed by atoms with Crippen molar-refractivity contribution in [2.24, 2.45) is 5.92 Å². The molecule has 1 atom stereocenters. The van der Waals surface area contributed by atoms with E-state index in [9.17, 15) is 23.1 Å². The number of aromatic nitrogens is 1. The summed E-state index contributed by atoms with van der Waals surface area (Å²) in [5.41, 5.74) is 0.557. The normalized spacial score (nSPS) is 12.6. The predicted octanol–water partition coefficient (Wildman–Crippen LogP) is 6.79. The summed E-state index contributed by atoms with van der Waals surface area (Å²) in [4.78, 5) is 11.4. The molecule has 1 N–H and O–H groups in total. The Balaban J connectivity index is 1.54. The molecule has 0 saturated carbocycles. The lowest BCUT2D eigenvalue weighted by atomic mass is 10.1. The fraction of sp³-hybridized carbons (Fsp3) is 0.200. The molecule has 0 amide bonds. The minimum absolute atomic E-state index is 0.227. The van der Waals surface area contributed by atoms with Crippen LogP contribution in [0.2, 0.25) is 0 Å². The van der Waals surface area contributed by atoms with Crippen molar-refractivity contribution in [2.45, 2.75) is 26.1 Å². The van der Waals surface area contributed by atoms with Crippen LogP contribution in [0.4, 0.5) is 13.2 Å². The number of carboxylic acids is 1. The van der Waals surface area contributed by atoms with Crippen LogP contribution >= 0.6 is 0 Å². The molecule has 3 aromatic carbocycles. The van der Waals surface area contributed by atoms with E-state index in [1.54, 1.807) is 56.3 Å².